The van der Waals surface area contributed by atoms with Crippen LogP contribution < -0.4 is 0 Å². The van der Waals surface area contributed by atoms with Gasteiger partial charge in [-0.3, -0.25) is 0 Å². The van der Waals surface area contributed by atoms with Crippen LogP contribution in [0.4, 0.5) is 0 Å². The van der Waals surface area contributed by atoms with Gasteiger partial charge in [-0.25, -0.2) is 0 Å². The molecular formula is C36H30. The first-order valence-electron chi connectivity index (χ1n) is 13.1. The Morgan fingerprint density at radius 2 is 1.36 bits per heavy atom. The van der Waals surface area contributed by atoms with E-state index in [0.717, 1.165) is 0 Å². The lowest BCUT2D eigenvalue weighted by Gasteiger charge is -2.41. The second-order valence-electron chi connectivity index (χ2n) is 10.6. The van der Waals surface area contributed by atoms with Gasteiger partial charge in [-0.15, -0.1) is 0 Å². The zero-order valence-electron chi connectivity index (χ0n) is 20.9. The Kier molecular flexibility index (Phi) is 4.96. The Labute approximate surface area is 214 Å². The molecule has 0 bridgehead atoms. The molecule has 3 aliphatic carbocycles. The summed E-state index contributed by atoms with van der Waals surface area (Å²) < 4.78 is 0. The van der Waals surface area contributed by atoms with E-state index in [1.54, 1.807) is 0 Å². The predicted octanol–water partition coefficient (Wildman–Crippen LogP) is 9.32. The number of rotatable bonds is 2. The molecule has 0 aliphatic heterocycles. The summed E-state index contributed by atoms with van der Waals surface area (Å²) in [6.45, 7) is 4.64. The van der Waals surface area contributed by atoms with Gasteiger partial charge < -0.3 is 0 Å². The average Bonchev–Trinajstić information content (AvgIpc) is 2.92. The van der Waals surface area contributed by atoms with Gasteiger partial charge in [0.15, 0.2) is 0 Å². The maximum atomic E-state index is 2.46. The topological polar surface area (TPSA) is 0 Å². The minimum Gasteiger partial charge on any atom is -0.0758 e. The molecule has 4 aromatic rings. The highest BCUT2D eigenvalue weighted by molar-refractivity contribution is 5.86. The Morgan fingerprint density at radius 1 is 0.639 bits per heavy atom. The average molecular weight is 463 g/mol. The third kappa shape index (κ3) is 3.28. The lowest BCUT2D eigenvalue weighted by Crippen LogP contribution is -2.26. The van der Waals surface area contributed by atoms with Crippen molar-refractivity contribution in [2.45, 2.75) is 25.7 Å². The molecule has 3 aliphatic rings. The van der Waals surface area contributed by atoms with Crippen LogP contribution in [0.2, 0.25) is 0 Å². The molecule has 4 aromatic carbocycles. The van der Waals surface area contributed by atoms with Gasteiger partial charge in [-0.1, -0.05) is 134 Å². The molecule has 174 valence electrons. The molecule has 0 saturated heterocycles. The van der Waals surface area contributed by atoms with Crippen LogP contribution >= 0.6 is 0 Å². The summed E-state index contributed by atoms with van der Waals surface area (Å²) in [7, 11) is 0. The molecule has 0 spiro atoms. The number of hydrogen-bond donors (Lipinski definition) is 0. The van der Waals surface area contributed by atoms with Crippen molar-refractivity contribution >= 4 is 22.4 Å². The van der Waals surface area contributed by atoms with Crippen molar-refractivity contribution in [3.63, 3.8) is 0 Å². The highest BCUT2D eigenvalue weighted by Gasteiger charge is 2.39. The van der Waals surface area contributed by atoms with Gasteiger partial charge in [0.2, 0.25) is 0 Å². The predicted molar refractivity (Wildman–Crippen MR) is 153 cm³/mol. The number of hydrogen-bond acceptors (Lipinski definition) is 0. The van der Waals surface area contributed by atoms with E-state index in [-0.39, 0.29) is 0 Å². The summed E-state index contributed by atoms with van der Waals surface area (Å²) in [6, 6.07) is 33.8. The molecule has 0 nitrogen and oxygen atoms in total. The molecule has 4 unspecified atom stereocenters. The standard InChI is InChI=1S/C36H30/c1-23-15-19-33-34(21-23)36(30-20-18-26-10-5-6-12-29(26)24(30)2)32-14-8-7-13-31(32)35(33)28-17-16-25-9-3-4-11-27(25)22-28/h3-22,24,30,33,35H,1-2H3. The third-order valence-corrected chi connectivity index (χ3v) is 8.54. The van der Waals surface area contributed by atoms with Gasteiger partial charge in [0.1, 0.15) is 0 Å². The maximum Gasteiger partial charge on any atom is 0.0199 e. The molecule has 0 aromatic heterocycles. The summed E-state index contributed by atoms with van der Waals surface area (Å²) in [5.41, 5.74) is 11.4. The van der Waals surface area contributed by atoms with E-state index in [4.69, 9.17) is 0 Å². The van der Waals surface area contributed by atoms with Crippen molar-refractivity contribution < 1.29 is 0 Å². The zero-order valence-corrected chi connectivity index (χ0v) is 20.9. The fraction of sp³-hybridized carbons (Fsp3) is 0.167. The monoisotopic (exact) mass is 462 g/mol. The lowest BCUT2D eigenvalue weighted by molar-refractivity contribution is 0.607. The van der Waals surface area contributed by atoms with Crippen LogP contribution in [0.1, 0.15) is 53.5 Å². The van der Waals surface area contributed by atoms with Crippen LogP contribution in [0, 0.1) is 11.8 Å². The third-order valence-electron chi connectivity index (χ3n) is 8.54. The highest BCUT2D eigenvalue weighted by Crippen LogP contribution is 2.54. The molecular weight excluding hydrogens is 432 g/mol. The van der Waals surface area contributed by atoms with Crippen LogP contribution in [0.15, 0.2) is 126 Å². The van der Waals surface area contributed by atoms with Crippen molar-refractivity contribution in [3.05, 3.63) is 154 Å². The Morgan fingerprint density at radius 3 is 2.25 bits per heavy atom. The van der Waals surface area contributed by atoms with Crippen LogP contribution in [0.3, 0.4) is 0 Å². The molecule has 0 N–H and O–H groups in total. The molecule has 0 heterocycles. The summed E-state index contributed by atoms with van der Waals surface area (Å²) >= 11 is 0. The van der Waals surface area contributed by atoms with Crippen molar-refractivity contribution in [3.8, 4) is 0 Å². The molecule has 0 fully saturated rings. The zero-order chi connectivity index (χ0) is 24.2. The van der Waals surface area contributed by atoms with E-state index in [2.05, 4.69) is 135 Å². The van der Waals surface area contributed by atoms with E-state index in [1.165, 1.54) is 55.3 Å². The summed E-state index contributed by atoms with van der Waals surface area (Å²) in [6.07, 6.45) is 12.1. The lowest BCUT2D eigenvalue weighted by atomic mass is 9.62. The van der Waals surface area contributed by atoms with Gasteiger partial charge in [-0.05, 0) is 62.6 Å². The summed E-state index contributed by atoms with van der Waals surface area (Å²) in [5, 5.41) is 2.62. The summed E-state index contributed by atoms with van der Waals surface area (Å²) in [5.74, 6) is 1.42. The van der Waals surface area contributed by atoms with Gasteiger partial charge in [0.05, 0.1) is 0 Å². The first-order valence-corrected chi connectivity index (χ1v) is 13.1. The molecule has 4 atom stereocenters. The van der Waals surface area contributed by atoms with Crippen LogP contribution in [-0.2, 0) is 0 Å². The fourth-order valence-electron chi connectivity index (χ4n) is 6.81. The molecule has 0 saturated carbocycles. The largest absolute Gasteiger partial charge is 0.0758 e. The second kappa shape index (κ2) is 8.35. The molecule has 0 radical (unpaired) electrons. The van der Waals surface area contributed by atoms with Crippen molar-refractivity contribution in [1.82, 2.24) is 0 Å². The Bertz CT molecular complexity index is 1620. The molecule has 7 rings (SSSR count). The van der Waals surface area contributed by atoms with Gasteiger partial charge in [0, 0.05) is 17.8 Å². The number of allylic oxidation sites excluding steroid dienone is 7. The molecule has 0 amide bonds. The van der Waals surface area contributed by atoms with Crippen molar-refractivity contribution in [1.29, 1.82) is 0 Å². The second-order valence-corrected chi connectivity index (χ2v) is 10.6. The van der Waals surface area contributed by atoms with Crippen molar-refractivity contribution in [2.75, 3.05) is 0 Å². The van der Waals surface area contributed by atoms with Crippen LogP contribution in [-0.4, -0.2) is 0 Å². The number of fused-ring (bicyclic) bond motifs is 4. The Balaban J connectivity index is 1.45. The Hall–Kier alpha value is -3.90. The highest BCUT2D eigenvalue weighted by atomic mass is 14.4. The molecule has 36 heavy (non-hydrogen) atoms. The van der Waals surface area contributed by atoms with E-state index in [0.29, 0.717) is 23.7 Å². The van der Waals surface area contributed by atoms with E-state index < -0.39 is 0 Å². The van der Waals surface area contributed by atoms with E-state index in [1.807, 2.05) is 0 Å². The molecule has 0 heteroatoms. The normalized spacial score (nSPS) is 24.2. The van der Waals surface area contributed by atoms with Gasteiger partial charge in [0.25, 0.3) is 0 Å². The summed E-state index contributed by atoms with van der Waals surface area (Å²) in [4.78, 5) is 0. The first kappa shape index (κ1) is 21.4. The minimum atomic E-state index is 0.306. The number of benzene rings is 4. The van der Waals surface area contributed by atoms with Crippen molar-refractivity contribution in [2.24, 2.45) is 11.8 Å². The quantitative estimate of drug-likeness (QED) is 0.278. The van der Waals surface area contributed by atoms with Gasteiger partial charge in [-0.2, -0.15) is 0 Å². The van der Waals surface area contributed by atoms with Crippen LogP contribution in [0.5, 0.6) is 0 Å². The van der Waals surface area contributed by atoms with Gasteiger partial charge >= 0.3 is 0 Å². The fourth-order valence-corrected chi connectivity index (χ4v) is 6.81. The van der Waals surface area contributed by atoms with Crippen LogP contribution in [0.25, 0.3) is 22.4 Å². The first-order chi connectivity index (χ1) is 17.7. The maximum absolute atomic E-state index is 2.46. The van der Waals surface area contributed by atoms with E-state index in [9.17, 15) is 0 Å². The van der Waals surface area contributed by atoms with E-state index >= 15 is 0 Å². The SMILES string of the molecule is CC1=CC2=C(C3C=Cc4ccccc4C3C)c3ccccc3C(c3ccc4ccccc4c3)C2C=C1. The smallest absolute Gasteiger partial charge is 0.0199 e. The minimum absolute atomic E-state index is 0.306.